The molecule has 3 amide bonds. The summed E-state index contributed by atoms with van der Waals surface area (Å²) in [7, 11) is 4.17. The van der Waals surface area contributed by atoms with Crippen LogP contribution in [-0.2, 0) is 4.74 Å². The summed E-state index contributed by atoms with van der Waals surface area (Å²) in [5.41, 5.74) is 2.70. The van der Waals surface area contributed by atoms with Crippen molar-refractivity contribution in [3.8, 4) is 11.4 Å². The number of hydrogen-bond donors (Lipinski definition) is 2. The fourth-order valence-electron chi connectivity index (χ4n) is 5.13. The number of carbonyl (C=O) groups excluding carboxylic acids is 2. The van der Waals surface area contributed by atoms with Gasteiger partial charge in [0.25, 0.3) is 5.91 Å². The van der Waals surface area contributed by atoms with Gasteiger partial charge in [-0.3, -0.25) is 4.79 Å². The molecule has 2 saturated heterocycles. The Morgan fingerprint density at radius 3 is 2.02 bits per heavy atom. The Kier molecular flexibility index (Phi) is 9.28. The standard InChI is InChI=1S/C31H40N8O3/c1-21(2)27-34-28(36-30(35-27)39-17-19-42-20-18-39)22-5-9-24(10-6-22)32-31(41)33-25-11-7-23(8-12-25)29(40)38-15-13-26(14-16-38)37(3)4/h5-12,21,26H,13-20H2,1-4H3,(H2,32,33,41). The van der Waals surface area contributed by atoms with Crippen molar-refractivity contribution >= 4 is 29.3 Å². The maximum atomic E-state index is 12.9. The number of carbonyl (C=O) groups is 2. The van der Waals surface area contributed by atoms with Crippen molar-refractivity contribution < 1.29 is 14.3 Å². The highest BCUT2D eigenvalue weighted by molar-refractivity contribution is 6.00. The van der Waals surface area contributed by atoms with Crippen LogP contribution in [0.5, 0.6) is 0 Å². The maximum absolute atomic E-state index is 12.9. The fraction of sp³-hybridized carbons (Fsp3) is 0.452. The predicted octanol–water partition coefficient (Wildman–Crippen LogP) is 4.31. The van der Waals surface area contributed by atoms with Crippen molar-refractivity contribution in [2.24, 2.45) is 0 Å². The molecule has 0 bridgehead atoms. The monoisotopic (exact) mass is 572 g/mol. The van der Waals surface area contributed by atoms with Gasteiger partial charge in [-0.05, 0) is 75.5 Å². The second-order valence-electron chi connectivity index (χ2n) is 11.3. The maximum Gasteiger partial charge on any atom is 0.323 e. The molecule has 2 aliphatic rings. The fourth-order valence-corrected chi connectivity index (χ4v) is 5.13. The van der Waals surface area contributed by atoms with Crippen molar-refractivity contribution in [2.75, 3.05) is 69.0 Å². The zero-order valence-electron chi connectivity index (χ0n) is 24.8. The number of hydrogen-bond acceptors (Lipinski definition) is 8. The lowest BCUT2D eigenvalue weighted by atomic mass is 10.0. The molecule has 2 aliphatic heterocycles. The Morgan fingerprint density at radius 1 is 0.857 bits per heavy atom. The van der Waals surface area contributed by atoms with Gasteiger partial charge in [0, 0.05) is 60.6 Å². The van der Waals surface area contributed by atoms with Gasteiger partial charge in [-0.1, -0.05) is 13.8 Å². The molecular weight excluding hydrogens is 532 g/mol. The summed E-state index contributed by atoms with van der Waals surface area (Å²) in [6.07, 6.45) is 1.95. The van der Waals surface area contributed by atoms with Crippen molar-refractivity contribution in [1.29, 1.82) is 0 Å². The summed E-state index contributed by atoms with van der Waals surface area (Å²) in [5.74, 6) is 2.19. The first-order valence-electron chi connectivity index (χ1n) is 14.6. The van der Waals surface area contributed by atoms with Crippen LogP contribution in [0.25, 0.3) is 11.4 Å². The van der Waals surface area contributed by atoms with Crippen LogP contribution >= 0.6 is 0 Å². The lowest BCUT2D eigenvalue weighted by molar-refractivity contribution is 0.0663. The number of nitrogens with one attached hydrogen (secondary N) is 2. The number of aromatic nitrogens is 3. The molecule has 42 heavy (non-hydrogen) atoms. The van der Waals surface area contributed by atoms with Crippen LogP contribution in [0.15, 0.2) is 48.5 Å². The van der Waals surface area contributed by atoms with Gasteiger partial charge >= 0.3 is 6.03 Å². The van der Waals surface area contributed by atoms with Crippen molar-refractivity contribution in [3.05, 3.63) is 59.9 Å². The lowest BCUT2D eigenvalue weighted by Gasteiger charge is -2.35. The average molecular weight is 573 g/mol. The number of ether oxygens (including phenoxy) is 1. The Morgan fingerprint density at radius 2 is 1.45 bits per heavy atom. The molecule has 1 aromatic heterocycles. The van der Waals surface area contributed by atoms with Crippen LogP contribution in [-0.4, -0.2) is 96.2 Å². The van der Waals surface area contributed by atoms with Crippen LogP contribution in [0.2, 0.25) is 0 Å². The van der Waals surface area contributed by atoms with E-state index in [1.54, 1.807) is 24.3 Å². The third-order valence-electron chi connectivity index (χ3n) is 7.72. The number of anilines is 3. The highest BCUT2D eigenvalue weighted by atomic mass is 16.5. The van der Waals surface area contributed by atoms with Crippen LogP contribution in [0, 0.1) is 0 Å². The molecule has 2 aromatic carbocycles. The Labute approximate surface area is 247 Å². The van der Waals surface area contributed by atoms with E-state index in [0.717, 1.165) is 50.4 Å². The number of nitrogens with zero attached hydrogens (tertiary/aromatic N) is 6. The number of benzene rings is 2. The Hall–Kier alpha value is -4.09. The summed E-state index contributed by atoms with van der Waals surface area (Å²) in [5, 5.41) is 5.69. The van der Waals surface area contributed by atoms with E-state index in [4.69, 9.17) is 14.7 Å². The van der Waals surface area contributed by atoms with Gasteiger partial charge in [-0.15, -0.1) is 0 Å². The molecule has 2 N–H and O–H groups in total. The second-order valence-corrected chi connectivity index (χ2v) is 11.3. The molecule has 222 valence electrons. The molecule has 2 fully saturated rings. The van der Waals surface area contributed by atoms with Gasteiger partial charge in [0.2, 0.25) is 5.95 Å². The topological polar surface area (TPSA) is 116 Å². The van der Waals surface area contributed by atoms with E-state index in [0.29, 0.717) is 48.0 Å². The summed E-state index contributed by atoms with van der Waals surface area (Å²) in [6, 6.07) is 14.6. The van der Waals surface area contributed by atoms with Gasteiger partial charge in [-0.2, -0.15) is 9.97 Å². The van der Waals surface area contributed by atoms with E-state index in [1.807, 2.05) is 29.2 Å². The van der Waals surface area contributed by atoms with E-state index in [1.165, 1.54) is 0 Å². The third-order valence-corrected chi connectivity index (χ3v) is 7.72. The summed E-state index contributed by atoms with van der Waals surface area (Å²) in [4.78, 5) is 46.0. The molecule has 0 atom stereocenters. The number of piperidine rings is 1. The SMILES string of the molecule is CC(C)c1nc(-c2ccc(NC(=O)Nc3ccc(C(=O)N4CCC(N(C)C)CC4)cc3)cc2)nc(N2CCOCC2)n1. The van der Waals surface area contributed by atoms with Crippen molar-refractivity contribution in [3.63, 3.8) is 0 Å². The molecule has 3 heterocycles. The molecule has 0 spiro atoms. The minimum Gasteiger partial charge on any atom is -0.378 e. The van der Waals surface area contributed by atoms with E-state index in [-0.39, 0.29) is 17.9 Å². The van der Waals surface area contributed by atoms with Gasteiger partial charge < -0.3 is 30.1 Å². The smallest absolute Gasteiger partial charge is 0.323 e. The van der Waals surface area contributed by atoms with Gasteiger partial charge in [-0.25, -0.2) is 9.78 Å². The van der Waals surface area contributed by atoms with E-state index in [2.05, 4.69) is 53.4 Å². The number of amides is 3. The summed E-state index contributed by atoms with van der Waals surface area (Å²) >= 11 is 0. The van der Waals surface area contributed by atoms with E-state index in [9.17, 15) is 9.59 Å². The Bertz CT molecular complexity index is 1360. The number of rotatable bonds is 7. The highest BCUT2D eigenvalue weighted by Crippen LogP contribution is 2.24. The lowest BCUT2D eigenvalue weighted by Crippen LogP contribution is -2.44. The molecule has 0 radical (unpaired) electrons. The van der Waals surface area contributed by atoms with Crippen LogP contribution in [0.3, 0.4) is 0 Å². The van der Waals surface area contributed by atoms with Crippen molar-refractivity contribution in [1.82, 2.24) is 24.8 Å². The first-order chi connectivity index (χ1) is 20.3. The molecule has 5 rings (SSSR count). The highest BCUT2D eigenvalue weighted by Gasteiger charge is 2.24. The van der Waals surface area contributed by atoms with Gasteiger partial charge in [0.1, 0.15) is 5.82 Å². The minimum absolute atomic E-state index is 0.0269. The molecule has 11 nitrogen and oxygen atoms in total. The number of urea groups is 1. The van der Waals surface area contributed by atoms with Crippen LogP contribution < -0.4 is 15.5 Å². The summed E-state index contributed by atoms with van der Waals surface area (Å²) < 4.78 is 5.47. The predicted molar refractivity (Wildman–Crippen MR) is 164 cm³/mol. The summed E-state index contributed by atoms with van der Waals surface area (Å²) in [6.45, 7) is 8.43. The molecule has 0 saturated carbocycles. The quantitative estimate of drug-likeness (QED) is 0.431. The first kappa shape index (κ1) is 29.4. The largest absolute Gasteiger partial charge is 0.378 e. The molecular formula is C31H40N8O3. The minimum atomic E-state index is -0.371. The second kappa shape index (κ2) is 13.3. The molecule has 11 heteroatoms. The first-order valence-corrected chi connectivity index (χ1v) is 14.6. The van der Waals surface area contributed by atoms with Gasteiger partial charge in [0.15, 0.2) is 5.82 Å². The zero-order chi connectivity index (χ0) is 29.6. The molecule has 0 aliphatic carbocycles. The molecule has 3 aromatic rings. The Balaban J connectivity index is 1.18. The van der Waals surface area contributed by atoms with Crippen LogP contribution in [0.4, 0.5) is 22.1 Å². The average Bonchev–Trinajstić information content (AvgIpc) is 3.01. The van der Waals surface area contributed by atoms with E-state index >= 15 is 0 Å². The number of likely N-dealkylation sites (tertiary alicyclic amines) is 1. The normalized spacial score (nSPS) is 16.1. The van der Waals surface area contributed by atoms with Gasteiger partial charge in [0.05, 0.1) is 13.2 Å². The third kappa shape index (κ3) is 7.21. The van der Waals surface area contributed by atoms with Crippen LogP contribution in [0.1, 0.15) is 48.8 Å². The van der Waals surface area contributed by atoms with Crippen molar-refractivity contribution in [2.45, 2.75) is 38.6 Å². The number of morpholine rings is 1. The zero-order valence-corrected chi connectivity index (χ0v) is 24.8. The van der Waals surface area contributed by atoms with E-state index < -0.39 is 0 Å². The molecule has 0 unspecified atom stereocenters.